The van der Waals surface area contributed by atoms with Crippen LogP contribution in [0.5, 0.6) is 0 Å². The van der Waals surface area contributed by atoms with Gasteiger partial charge in [0.1, 0.15) is 0 Å². The third-order valence-corrected chi connectivity index (χ3v) is 4.79. The van der Waals surface area contributed by atoms with Crippen molar-refractivity contribution in [3.8, 4) is 0 Å². The molecule has 1 unspecified atom stereocenters. The van der Waals surface area contributed by atoms with Gasteiger partial charge >= 0.3 is 0 Å². The molecule has 0 aliphatic heterocycles. The van der Waals surface area contributed by atoms with Crippen molar-refractivity contribution in [1.29, 1.82) is 0 Å². The average molecular weight is 263 g/mol. The predicted molar refractivity (Wildman–Crippen MR) is 66.1 cm³/mol. The first-order valence-electron chi connectivity index (χ1n) is 4.10. The molecule has 0 radical (unpaired) electrons. The minimum Gasteiger partial charge on any atom is -0.152 e. The average Bonchev–Trinajstić information content (AvgIpc) is 2.73. The van der Waals surface area contributed by atoms with Crippen LogP contribution < -0.4 is 0 Å². The van der Waals surface area contributed by atoms with Crippen molar-refractivity contribution in [2.75, 3.05) is 0 Å². The monoisotopic (exact) mass is 262 g/mol. The van der Waals surface area contributed by atoms with Gasteiger partial charge in [0.2, 0.25) is 0 Å². The van der Waals surface area contributed by atoms with Gasteiger partial charge in [-0.1, -0.05) is 11.6 Å². The van der Waals surface area contributed by atoms with E-state index >= 15 is 0 Å². The van der Waals surface area contributed by atoms with Crippen molar-refractivity contribution in [1.82, 2.24) is 0 Å². The highest BCUT2D eigenvalue weighted by atomic mass is 35.5. The van der Waals surface area contributed by atoms with Crippen molar-refractivity contribution in [2.24, 2.45) is 0 Å². The highest BCUT2D eigenvalue weighted by molar-refractivity contribution is 7.16. The van der Waals surface area contributed by atoms with Crippen molar-refractivity contribution < 1.29 is 0 Å². The lowest BCUT2D eigenvalue weighted by molar-refractivity contribution is 1.17. The first-order valence-corrected chi connectivity index (χ1v) is 6.68. The second-order valence-electron chi connectivity index (χ2n) is 3.01. The van der Waals surface area contributed by atoms with Crippen molar-refractivity contribution in [2.45, 2.75) is 12.3 Å². The SMILES string of the molecule is Cc1cscc1C(Cl)c1ccc(Cl)s1. The molecular formula is C10H8Cl2S2. The fourth-order valence-electron chi connectivity index (χ4n) is 1.25. The molecule has 0 saturated carbocycles. The summed E-state index contributed by atoms with van der Waals surface area (Å²) in [6.45, 7) is 2.08. The van der Waals surface area contributed by atoms with Crippen LogP contribution in [-0.4, -0.2) is 0 Å². The lowest BCUT2D eigenvalue weighted by Gasteiger charge is -2.05. The first-order chi connectivity index (χ1) is 6.68. The molecule has 74 valence electrons. The van der Waals surface area contributed by atoms with Crippen molar-refractivity contribution >= 4 is 45.9 Å². The van der Waals surface area contributed by atoms with Gasteiger partial charge in [-0.15, -0.1) is 22.9 Å². The summed E-state index contributed by atoms with van der Waals surface area (Å²) in [5.41, 5.74) is 2.44. The number of aryl methyl sites for hydroxylation is 1. The molecule has 1 atom stereocenters. The molecule has 0 aliphatic rings. The van der Waals surface area contributed by atoms with Crippen molar-refractivity contribution in [3.05, 3.63) is 43.2 Å². The third kappa shape index (κ3) is 1.98. The summed E-state index contributed by atoms with van der Waals surface area (Å²) < 4.78 is 0.790. The zero-order valence-electron chi connectivity index (χ0n) is 7.46. The van der Waals surface area contributed by atoms with E-state index in [2.05, 4.69) is 17.7 Å². The van der Waals surface area contributed by atoms with Gasteiger partial charge < -0.3 is 0 Å². The van der Waals surface area contributed by atoms with Crippen LogP contribution in [0.15, 0.2) is 22.9 Å². The minimum atomic E-state index is -0.0567. The smallest absolute Gasteiger partial charge is 0.0938 e. The number of thiophene rings is 2. The largest absolute Gasteiger partial charge is 0.152 e. The Balaban J connectivity index is 2.33. The fourth-order valence-corrected chi connectivity index (χ4v) is 3.70. The number of hydrogen-bond donors (Lipinski definition) is 0. The summed E-state index contributed by atoms with van der Waals surface area (Å²) in [6.07, 6.45) is 0. The molecule has 0 amide bonds. The predicted octanol–water partition coefficient (Wildman–Crippen LogP) is 5.10. The lowest BCUT2D eigenvalue weighted by Crippen LogP contribution is -1.89. The Morgan fingerprint density at radius 2 is 2.07 bits per heavy atom. The minimum absolute atomic E-state index is 0.0567. The fraction of sp³-hybridized carbons (Fsp3) is 0.200. The van der Waals surface area contributed by atoms with Gasteiger partial charge in [0.15, 0.2) is 0 Å². The Bertz CT molecular complexity index is 431. The topological polar surface area (TPSA) is 0 Å². The summed E-state index contributed by atoms with van der Waals surface area (Å²) in [5, 5.41) is 4.15. The van der Waals surface area contributed by atoms with E-state index < -0.39 is 0 Å². The molecule has 0 nitrogen and oxygen atoms in total. The molecule has 0 N–H and O–H groups in total. The van der Waals surface area contributed by atoms with Gasteiger partial charge in [-0.25, -0.2) is 0 Å². The van der Waals surface area contributed by atoms with Crippen LogP contribution in [0.4, 0.5) is 0 Å². The molecule has 0 fully saturated rings. The summed E-state index contributed by atoms with van der Waals surface area (Å²) in [4.78, 5) is 1.11. The van der Waals surface area contributed by atoms with E-state index in [1.165, 1.54) is 11.1 Å². The lowest BCUT2D eigenvalue weighted by atomic mass is 10.1. The zero-order valence-corrected chi connectivity index (χ0v) is 10.6. The van der Waals surface area contributed by atoms with Crippen LogP contribution in [0.25, 0.3) is 0 Å². The van der Waals surface area contributed by atoms with Crippen LogP contribution in [0.3, 0.4) is 0 Å². The standard InChI is InChI=1S/C10H8Cl2S2/c1-6-4-13-5-7(6)10(12)8-2-3-9(11)14-8/h2-5,10H,1H3. The summed E-state index contributed by atoms with van der Waals surface area (Å²) in [5.74, 6) is 0. The molecule has 2 aromatic heterocycles. The third-order valence-electron chi connectivity index (χ3n) is 2.01. The summed E-state index contributed by atoms with van der Waals surface area (Å²) in [6, 6.07) is 3.88. The van der Waals surface area contributed by atoms with Crippen LogP contribution in [-0.2, 0) is 0 Å². The number of halogens is 2. The molecule has 0 bridgehead atoms. The molecule has 0 aliphatic carbocycles. The van der Waals surface area contributed by atoms with E-state index in [9.17, 15) is 0 Å². The van der Waals surface area contributed by atoms with Gasteiger partial charge in [0.25, 0.3) is 0 Å². The van der Waals surface area contributed by atoms with Gasteiger partial charge in [0.05, 0.1) is 9.71 Å². The molecule has 2 rings (SSSR count). The zero-order chi connectivity index (χ0) is 10.1. The quantitative estimate of drug-likeness (QED) is 0.661. The number of alkyl halides is 1. The number of rotatable bonds is 2. The highest BCUT2D eigenvalue weighted by Gasteiger charge is 2.15. The molecule has 4 heteroatoms. The van der Waals surface area contributed by atoms with E-state index in [0.717, 1.165) is 9.21 Å². The van der Waals surface area contributed by atoms with E-state index in [1.54, 1.807) is 22.7 Å². The molecule has 0 spiro atoms. The molecule has 0 saturated heterocycles. The summed E-state index contributed by atoms with van der Waals surface area (Å²) in [7, 11) is 0. The maximum atomic E-state index is 6.35. The summed E-state index contributed by atoms with van der Waals surface area (Å²) >= 11 is 15.4. The second-order valence-corrected chi connectivity index (χ2v) is 5.94. The Morgan fingerprint density at radius 3 is 2.57 bits per heavy atom. The highest BCUT2D eigenvalue weighted by Crippen LogP contribution is 2.37. The van der Waals surface area contributed by atoms with Crippen LogP contribution in [0.1, 0.15) is 21.4 Å². The van der Waals surface area contributed by atoms with Gasteiger partial charge in [-0.05, 0) is 40.9 Å². The maximum absolute atomic E-state index is 6.35. The Hall–Kier alpha value is -0.0200. The Labute approximate surface area is 101 Å². The van der Waals surface area contributed by atoms with Crippen LogP contribution in [0, 0.1) is 6.92 Å². The molecule has 14 heavy (non-hydrogen) atoms. The molecule has 2 aromatic rings. The van der Waals surface area contributed by atoms with E-state index in [0.29, 0.717) is 0 Å². The van der Waals surface area contributed by atoms with Gasteiger partial charge in [-0.2, -0.15) is 11.3 Å². The van der Waals surface area contributed by atoms with Gasteiger partial charge in [-0.3, -0.25) is 0 Å². The van der Waals surface area contributed by atoms with E-state index in [4.69, 9.17) is 23.2 Å². The Morgan fingerprint density at radius 1 is 1.29 bits per heavy atom. The maximum Gasteiger partial charge on any atom is 0.0938 e. The molecular weight excluding hydrogens is 255 g/mol. The van der Waals surface area contributed by atoms with E-state index in [1.807, 2.05) is 12.1 Å². The van der Waals surface area contributed by atoms with Crippen LogP contribution in [0.2, 0.25) is 4.34 Å². The molecule has 2 heterocycles. The van der Waals surface area contributed by atoms with Crippen molar-refractivity contribution in [3.63, 3.8) is 0 Å². The Kier molecular flexibility index (Phi) is 3.17. The van der Waals surface area contributed by atoms with Crippen LogP contribution >= 0.6 is 45.9 Å². The normalized spacial score (nSPS) is 13.1. The second kappa shape index (κ2) is 4.23. The number of hydrogen-bond acceptors (Lipinski definition) is 2. The first kappa shape index (κ1) is 10.5. The van der Waals surface area contributed by atoms with E-state index in [-0.39, 0.29) is 5.38 Å². The van der Waals surface area contributed by atoms with Gasteiger partial charge in [0, 0.05) is 4.88 Å². The molecule has 0 aromatic carbocycles.